The first kappa shape index (κ1) is 13.6. The zero-order valence-corrected chi connectivity index (χ0v) is 12.1. The molecule has 1 aliphatic rings. The molecule has 1 nitrogen and oxygen atoms in total. The van der Waals surface area contributed by atoms with Crippen LogP contribution in [0.25, 0.3) is 0 Å². The Labute approximate surface area is 112 Å². The molecular formula is C17H27N. The van der Waals surface area contributed by atoms with Gasteiger partial charge in [0.1, 0.15) is 0 Å². The molecule has 0 amide bonds. The summed E-state index contributed by atoms with van der Waals surface area (Å²) in [5.74, 6) is 1.51. The Kier molecular flexibility index (Phi) is 4.82. The van der Waals surface area contributed by atoms with E-state index in [-0.39, 0.29) is 0 Å². The van der Waals surface area contributed by atoms with E-state index in [1.165, 1.54) is 25.7 Å². The van der Waals surface area contributed by atoms with Crippen LogP contribution in [0, 0.1) is 5.92 Å². The van der Waals surface area contributed by atoms with Gasteiger partial charge < -0.3 is 5.32 Å². The number of rotatable bonds is 5. The SMILES string of the molecule is CC(C)CC(C)NCC1CCCc2ccccc21. The molecule has 0 aliphatic heterocycles. The van der Waals surface area contributed by atoms with Crippen molar-refractivity contribution in [3.63, 3.8) is 0 Å². The summed E-state index contributed by atoms with van der Waals surface area (Å²) in [6, 6.07) is 9.64. The van der Waals surface area contributed by atoms with Gasteiger partial charge >= 0.3 is 0 Å². The number of aryl methyl sites for hydroxylation is 1. The third-order valence-corrected chi connectivity index (χ3v) is 4.03. The molecule has 0 fully saturated rings. The molecule has 2 rings (SSSR count). The maximum atomic E-state index is 3.72. The molecule has 1 aliphatic carbocycles. The standard InChI is InChI=1S/C17H27N/c1-13(2)11-14(3)18-12-16-9-6-8-15-7-4-5-10-17(15)16/h4-5,7,10,13-14,16,18H,6,8-9,11-12H2,1-3H3. The van der Waals surface area contributed by atoms with Crippen LogP contribution in [-0.4, -0.2) is 12.6 Å². The topological polar surface area (TPSA) is 12.0 Å². The average Bonchev–Trinajstić information content (AvgIpc) is 2.35. The summed E-state index contributed by atoms with van der Waals surface area (Å²) in [5.41, 5.74) is 3.17. The van der Waals surface area contributed by atoms with E-state index in [1.807, 2.05) is 0 Å². The number of hydrogen-bond acceptors (Lipinski definition) is 1. The van der Waals surface area contributed by atoms with Crippen molar-refractivity contribution in [1.82, 2.24) is 5.32 Å². The van der Waals surface area contributed by atoms with Crippen molar-refractivity contribution in [3.8, 4) is 0 Å². The smallest absolute Gasteiger partial charge is 0.00414 e. The third-order valence-electron chi connectivity index (χ3n) is 4.03. The average molecular weight is 245 g/mol. The molecule has 0 heterocycles. The van der Waals surface area contributed by atoms with Crippen LogP contribution in [0.2, 0.25) is 0 Å². The molecule has 1 N–H and O–H groups in total. The van der Waals surface area contributed by atoms with Gasteiger partial charge in [-0.15, -0.1) is 0 Å². The first-order valence-electron chi connectivity index (χ1n) is 7.48. The lowest BCUT2D eigenvalue weighted by Crippen LogP contribution is -2.32. The number of benzene rings is 1. The minimum atomic E-state index is 0.638. The maximum absolute atomic E-state index is 3.72. The Morgan fingerprint density at radius 1 is 1.22 bits per heavy atom. The molecule has 0 bridgehead atoms. The molecular weight excluding hydrogens is 218 g/mol. The predicted molar refractivity (Wildman–Crippen MR) is 79.0 cm³/mol. The highest BCUT2D eigenvalue weighted by Gasteiger charge is 2.19. The zero-order chi connectivity index (χ0) is 13.0. The molecule has 0 aromatic heterocycles. The van der Waals surface area contributed by atoms with Crippen LogP contribution < -0.4 is 5.32 Å². The second-order valence-electron chi connectivity index (χ2n) is 6.23. The van der Waals surface area contributed by atoms with E-state index in [1.54, 1.807) is 11.1 Å². The normalized spacial score (nSPS) is 20.8. The Bertz CT molecular complexity index is 370. The van der Waals surface area contributed by atoms with Gasteiger partial charge in [0.05, 0.1) is 0 Å². The van der Waals surface area contributed by atoms with Crippen LogP contribution in [0.3, 0.4) is 0 Å². The van der Waals surface area contributed by atoms with Crippen molar-refractivity contribution in [2.45, 2.75) is 58.4 Å². The Balaban J connectivity index is 1.91. The molecule has 0 spiro atoms. The van der Waals surface area contributed by atoms with E-state index in [0.717, 1.165) is 18.4 Å². The molecule has 0 saturated heterocycles. The molecule has 2 unspecified atom stereocenters. The van der Waals surface area contributed by atoms with Gasteiger partial charge in [-0.2, -0.15) is 0 Å². The van der Waals surface area contributed by atoms with Gasteiger partial charge in [-0.1, -0.05) is 38.1 Å². The molecule has 100 valence electrons. The number of hydrogen-bond donors (Lipinski definition) is 1. The van der Waals surface area contributed by atoms with E-state index in [4.69, 9.17) is 0 Å². The largest absolute Gasteiger partial charge is 0.314 e. The summed E-state index contributed by atoms with van der Waals surface area (Å²) in [6.07, 6.45) is 5.24. The first-order valence-corrected chi connectivity index (χ1v) is 7.48. The lowest BCUT2D eigenvalue weighted by atomic mass is 9.82. The molecule has 1 aromatic carbocycles. The second-order valence-corrected chi connectivity index (χ2v) is 6.23. The molecule has 1 heteroatoms. The van der Waals surface area contributed by atoms with Crippen LogP contribution in [0.4, 0.5) is 0 Å². The van der Waals surface area contributed by atoms with E-state index in [2.05, 4.69) is 50.4 Å². The summed E-state index contributed by atoms with van der Waals surface area (Å²) < 4.78 is 0. The minimum Gasteiger partial charge on any atom is -0.314 e. The van der Waals surface area contributed by atoms with Crippen molar-refractivity contribution in [1.29, 1.82) is 0 Å². The molecule has 1 aromatic rings. The zero-order valence-electron chi connectivity index (χ0n) is 12.1. The second kappa shape index (κ2) is 6.38. The van der Waals surface area contributed by atoms with E-state index >= 15 is 0 Å². The van der Waals surface area contributed by atoms with Gasteiger partial charge in [0.25, 0.3) is 0 Å². The lowest BCUT2D eigenvalue weighted by Gasteiger charge is -2.27. The molecule has 2 atom stereocenters. The fourth-order valence-corrected chi connectivity index (χ4v) is 3.20. The van der Waals surface area contributed by atoms with Crippen molar-refractivity contribution in [3.05, 3.63) is 35.4 Å². The van der Waals surface area contributed by atoms with Gasteiger partial charge in [-0.25, -0.2) is 0 Å². The van der Waals surface area contributed by atoms with E-state index < -0.39 is 0 Å². The highest BCUT2D eigenvalue weighted by molar-refractivity contribution is 5.32. The van der Waals surface area contributed by atoms with Gasteiger partial charge in [-0.3, -0.25) is 0 Å². The van der Waals surface area contributed by atoms with Crippen LogP contribution in [-0.2, 0) is 6.42 Å². The fraction of sp³-hybridized carbons (Fsp3) is 0.647. The van der Waals surface area contributed by atoms with Gasteiger partial charge in [0.2, 0.25) is 0 Å². The maximum Gasteiger partial charge on any atom is 0.00414 e. The number of nitrogens with one attached hydrogen (secondary N) is 1. The van der Waals surface area contributed by atoms with Crippen LogP contribution in [0.15, 0.2) is 24.3 Å². The fourth-order valence-electron chi connectivity index (χ4n) is 3.20. The Morgan fingerprint density at radius 3 is 2.78 bits per heavy atom. The van der Waals surface area contributed by atoms with Crippen molar-refractivity contribution < 1.29 is 0 Å². The van der Waals surface area contributed by atoms with Crippen LogP contribution in [0.5, 0.6) is 0 Å². The number of fused-ring (bicyclic) bond motifs is 1. The van der Waals surface area contributed by atoms with Gasteiger partial charge in [0.15, 0.2) is 0 Å². The highest BCUT2D eigenvalue weighted by Crippen LogP contribution is 2.30. The quantitative estimate of drug-likeness (QED) is 0.822. The molecule has 0 saturated carbocycles. The summed E-state index contributed by atoms with van der Waals surface area (Å²) in [4.78, 5) is 0. The Hall–Kier alpha value is -0.820. The van der Waals surface area contributed by atoms with Crippen molar-refractivity contribution in [2.24, 2.45) is 5.92 Å². The van der Waals surface area contributed by atoms with Crippen LogP contribution >= 0.6 is 0 Å². The summed E-state index contributed by atoms with van der Waals surface area (Å²) in [5, 5.41) is 3.72. The summed E-state index contributed by atoms with van der Waals surface area (Å²) >= 11 is 0. The van der Waals surface area contributed by atoms with Gasteiger partial charge in [0, 0.05) is 12.6 Å². The van der Waals surface area contributed by atoms with E-state index in [9.17, 15) is 0 Å². The third kappa shape index (κ3) is 3.58. The van der Waals surface area contributed by atoms with E-state index in [0.29, 0.717) is 6.04 Å². The predicted octanol–water partition coefficient (Wildman–Crippen LogP) is 4.13. The van der Waals surface area contributed by atoms with Crippen molar-refractivity contribution in [2.75, 3.05) is 6.54 Å². The molecule has 0 radical (unpaired) electrons. The highest BCUT2D eigenvalue weighted by atomic mass is 14.9. The van der Waals surface area contributed by atoms with Crippen LogP contribution in [0.1, 0.15) is 57.1 Å². The lowest BCUT2D eigenvalue weighted by molar-refractivity contribution is 0.412. The monoisotopic (exact) mass is 245 g/mol. The first-order chi connectivity index (χ1) is 8.66. The van der Waals surface area contributed by atoms with Gasteiger partial charge in [-0.05, 0) is 55.6 Å². The minimum absolute atomic E-state index is 0.638. The van der Waals surface area contributed by atoms with Crippen molar-refractivity contribution >= 4 is 0 Å². The summed E-state index contributed by atoms with van der Waals surface area (Å²) in [7, 11) is 0. The Morgan fingerprint density at radius 2 is 2.00 bits per heavy atom. The molecule has 18 heavy (non-hydrogen) atoms. The summed E-state index contributed by atoms with van der Waals surface area (Å²) in [6.45, 7) is 8.06.